The van der Waals surface area contributed by atoms with Gasteiger partial charge in [0, 0.05) is 0 Å². The molecule has 1 aromatic carbocycles. The minimum Gasteiger partial charge on any atom is -0.497 e. The van der Waals surface area contributed by atoms with Gasteiger partial charge < -0.3 is 14.4 Å². The van der Waals surface area contributed by atoms with Crippen LogP contribution in [0.25, 0.3) is 0 Å². The molecule has 0 aliphatic heterocycles. The molecular weight excluding hydrogens is 314 g/mol. The summed E-state index contributed by atoms with van der Waals surface area (Å²) in [7, 11) is 1.59. The van der Waals surface area contributed by atoms with Crippen molar-refractivity contribution >= 4 is 18.4 Å². The Morgan fingerprint density at radius 3 is 2.43 bits per heavy atom. The van der Waals surface area contributed by atoms with Gasteiger partial charge in [0.05, 0.1) is 19.3 Å². The van der Waals surface area contributed by atoms with Crippen LogP contribution in [0.5, 0.6) is 5.75 Å². The number of hydrogen-bond acceptors (Lipinski definition) is 4. The molecule has 0 saturated heterocycles. The van der Waals surface area contributed by atoms with E-state index in [9.17, 15) is 4.79 Å². The molecule has 0 aliphatic rings. The predicted octanol–water partition coefficient (Wildman–Crippen LogP) is 4.18. The first-order chi connectivity index (χ1) is 10.7. The Kier molecular flexibility index (Phi) is 12.5. The topological polar surface area (TPSA) is 38.8 Å². The summed E-state index contributed by atoms with van der Waals surface area (Å²) < 4.78 is 10.4. The molecule has 4 nitrogen and oxygen atoms in total. The molecule has 23 heavy (non-hydrogen) atoms. The van der Waals surface area contributed by atoms with Gasteiger partial charge in [-0.1, -0.05) is 32.8 Å². The van der Waals surface area contributed by atoms with E-state index in [0.717, 1.165) is 32.5 Å². The third kappa shape index (κ3) is 8.82. The van der Waals surface area contributed by atoms with Crippen LogP contribution < -0.4 is 4.74 Å². The standard InChI is InChI=1S/C18H29NO3.ClH/c1-4-19(5-2)13-8-6-7-9-14-22-18(20)16-11-10-12-17(15-16)21-3;/h10-12,15H,4-9,13-14H2,1-3H3;1H. The van der Waals surface area contributed by atoms with E-state index in [4.69, 9.17) is 9.47 Å². The summed E-state index contributed by atoms with van der Waals surface area (Å²) in [5.41, 5.74) is 0.542. The zero-order valence-corrected chi connectivity index (χ0v) is 15.4. The molecule has 0 unspecified atom stereocenters. The van der Waals surface area contributed by atoms with Crippen LogP contribution in [0.2, 0.25) is 0 Å². The number of nitrogens with zero attached hydrogens (tertiary/aromatic N) is 1. The number of rotatable bonds is 11. The van der Waals surface area contributed by atoms with Gasteiger partial charge in [0.2, 0.25) is 0 Å². The molecule has 0 N–H and O–H groups in total. The summed E-state index contributed by atoms with van der Waals surface area (Å²) >= 11 is 0. The van der Waals surface area contributed by atoms with Gasteiger partial charge in [-0.05, 0) is 50.7 Å². The van der Waals surface area contributed by atoms with Crippen molar-refractivity contribution in [3.63, 3.8) is 0 Å². The molecule has 0 saturated carbocycles. The second-order valence-electron chi connectivity index (χ2n) is 5.31. The molecule has 5 heteroatoms. The zero-order chi connectivity index (χ0) is 16.2. The molecule has 0 atom stereocenters. The van der Waals surface area contributed by atoms with Gasteiger partial charge >= 0.3 is 5.97 Å². The first kappa shape index (κ1) is 21.7. The number of esters is 1. The molecule has 0 fully saturated rings. The molecule has 1 rings (SSSR count). The molecule has 0 amide bonds. The summed E-state index contributed by atoms with van der Waals surface area (Å²) in [5.74, 6) is 0.396. The molecule has 0 spiro atoms. The number of methoxy groups -OCH3 is 1. The fourth-order valence-electron chi connectivity index (χ4n) is 2.33. The summed E-state index contributed by atoms with van der Waals surface area (Å²) in [6.07, 6.45) is 4.43. The van der Waals surface area contributed by atoms with E-state index < -0.39 is 0 Å². The fourth-order valence-corrected chi connectivity index (χ4v) is 2.33. The molecule has 132 valence electrons. The minimum absolute atomic E-state index is 0. The van der Waals surface area contributed by atoms with Crippen molar-refractivity contribution in [1.82, 2.24) is 4.90 Å². The van der Waals surface area contributed by atoms with Crippen LogP contribution in [-0.2, 0) is 4.74 Å². The molecule has 0 bridgehead atoms. The van der Waals surface area contributed by atoms with Crippen LogP contribution in [-0.4, -0.2) is 44.2 Å². The highest BCUT2D eigenvalue weighted by atomic mass is 35.5. The van der Waals surface area contributed by atoms with Crippen molar-refractivity contribution in [2.75, 3.05) is 33.4 Å². The van der Waals surface area contributed by atoms with Crippen molar-refractivity contribution in [3.05, 3.63) is 29.8 Å². The minimum atomic E-state index is -0.276. The lowest BCUT2D eigenvalue weighted by atomic mass is 10.2. The van der Waals surface area contributed by atoms with Gasteiger partial charge in [0.25, 0.3) is 0 Å². The van der Waals surface area contributed by atoms with Crippen molar-refractivity contribution in [2.45, 2.75) is 39.5 Å². The molecule has 1 aromatic rings. The van der Waals surface area contributed by atoms with Crippen molar-refractivity contribution < 1.29 is 14.3 Å². The Morgan fingerprint density at radius 2 is 1.78 bits per heavy atom. The highest BCUT2D eigenvalue weighted by molar-refractivity contribution is 5.89. The number of ether oxygens (including phenoxy) is 2. The van der Waals surface area contributed by atoms with E-state index in [0.29, 0.717) is 17.9 Å². The Morgan fingerprint density at radius 1 is 1.09 bits per heavy atom. The molecule has 0 radical (unpaired) electrons. The summed E-state index contributed by atoms with van der Waals surface area (Å²) in [6.45, 7) is 8.28. The van der Waals surface area contributed by atoms with Crippen LogP contribution in [0.15, 0.2) is 24.3 Å². The third-order valence-electron chi connectivity index (χ3n) is 3.80. The molecule has 0 aliphatic carbocycles. The van der Waals surface area contributed by atoms with Gasteiger partial charge in [0.1, 0.15) is 5.75 Å². The number of benzene rings is 1. The van der Waals surface area contributed by atoms with Gasteiger partial charge in [-0.2, -0.15) is 0 Å². The SMILES string of the molecule is CCN(CC)CCCCCCOC(=O)c1cccc(OC)c1.Cl. The van der Waals surface area contributed by atoms with E-state index in [1.807, 2.05) is 6.07 Å². The highest BCUT2D eigenvalue weighted by Crippen LogP contribution is 2.13. The first-order valence-corrected chi connectivity index (χ1v) is 8.24. The molecule has 0 aromatic heterocycles. The summed E-state index contributed by atoms with van der Waals surface area (Å²) in [5, 5.41) is 0. The van der Waals surface area contributed by atoms with Crippen LogP contribution in [0.4, 0.5) is 0 Å². The second kappa shape index (κ2) is 13.2. The Hall–Kier alpha value is -1.26. The van der Waals surface area contributed by atoms with Crippen LogP contribution in [0.1, 0.15) is 49.9 Å². The lowest BCUT2D eigenvalue weighted by molar-refractivity contribution is 0.0497. The monoisotopic (exact) mass is 343 g/mol. The van der Waals surface area contributed by atoms with E-state index in [-0.39, 0.29) is 18.4 Å². The molecular formula is C18H30ClNO3. The van der Waals surface area contributed by atoms with Crippen molar-refractivity contribution in [2.24, 2.45) is 0 Å². The maximum atomic E-state index is 11.9. The second-order valence-corrected chi connectivity index (χ2v) is 5.31. The van der Waals surface area contributed by atoms with Crippen LogP contribution in [0, 0.1) is 0 Å². The Bertz CT molecular complexity index is 436. The Labute approximate surface area is 146 Å². The fraction of sp³-hybridized carbons (Fsp3) is 0.611. The quantitative estimate of drug-likeness (QED) is 0.446. The number of hydrogen-bond donors (Lipinski definition) is 0. The van der Waals surface area contributed by atoms with Gasteiger partial charge in [0.15, 0.2) is 0 Å². The largest absolute Gasteiger partial charge is 0.497 e. The smallest absolute Gasteiger partial charge is 0.338 e. The highest BCUT2D eigenvalue weighted by Gasteiger charge is 2.07. The van der Waals surface area contributed by atoms with Crippen LogP contribution >= 0.6 is 12.4 Å². The summed E-state index contributed by atoms with van der Waals surface area (Å²) in [4.78, 5) is 14.3. The van der Waals surface area contributed by atoms with Crippen LogP contribution in [0.3, 0.4) is 0 Å². The number of carbonyl (C=O) groups is 1. The van der Waals surface area contributed by atoms with E-state index in [2.05, 4.69) is 18.7 Å². The zero-order valence-electron chi connectivity index (χ0n) is 14.5. The van der Waals surface area contributed by atoms with E-state index in [1.165, 1.54) is 12.8 Å². The first-order valence-electron chi connectivity index (χ1n) is 8.24. The van der Waals surface area contributed by atoms with Crippen molar-refractivity contribution in [3.8, 4) is 5.75 Å². The van der Waals surface area contributed by atoms with E-state index in [1.54, 1.807) is 25.3 Å². The number of carbonyl (C=O) groups excluding carboxylic acids is 1. The maximum absolute atomic E-state index is 11.9. The van der Waals surface area contributed by atoms with Gasteiger partial charge in [-0.3, -0.25) is 0 Å². The molecule has 0 heterocycles. The average molecular weight is 344 g/mol. The lowest BCUT2D eigenvalue weighted by Gasteiger charge is -2.17. The maximum Gasteiger partial charge on any atom is 0.338 e. The predicted molar refractivity (Wildman–Crippen MR) is 96.8 cm³/mol. The van der Waals surface area contributed by atoms with Crippen molar-refractivity contribution in [1.29, 1.82) is 0 Å². The summed E-state index contributed by atoms with van der Waals surface area (Å²) in [6, 6.07) is 7.05. The van der Waals surface area contributed by atoms with Gasteiger partial charge in [-0.25, -0.2) is 4.79 Å². The van der Waals surface area contributed by atoms with Gasteiger partial charge in [-0.15, -0.1) is 12.4 Å². The van der Waals surface area contributed by atoms with E-state index >= 15 is 0 Å². The Balaban J connectivity index is 0.00000484. The average Bonchev–Trinajstić information content (AvgIpc) is 2.57. The number of unbranched alkanes of at least 4 members (excludes halogenated alkanes) is 3. The number of halogens is 1. The third-order valence-corrected chi connectivity index (χ3v) is 3.80. The normalized spacial score (nSPS) is 10.3. The lowest BCUT2D eigenvalue weighted by Crippen LogP contribution is -2.23.